The van der Waals surface area contributed by atoms with Gasteiger partial charge in [-0.25, -0.2) is 0 Å². The molecule has 4 rings (SSSR count). The molecule has 0 aromatic heterocycles. The van der Waals surface area contributed by atoms with Crippen molar-refractivity contribution in [1.29, 1.82) is 0 Å². The molecule has 0 bridgehead atoms. The fourth-order valence-corrected chi connectivity index (χ4v) is 6.97. The maximum Gasteiger partial charge on any atom is 0.119 e. The first-order valence-electron chi connectivity index (χ1n) is 9.53. The lowest BCUT2D eigenvalue weighted by molar-refractivity contribution is 0.260. The number of fused-ring (bicyclic) bond motifs is 5. The van der Waals surface area contributed by atoms with Crippen LogP contribution in [0.1, 0.15) is 25.3 Å². The number of anilines is 1. The van der Waals surface area contributed by atoms with Gasteiger partial charge in [0.15, 0.2) is 0 Å². The number of methoxy groups -OCH3 is 1. The average Bonchev–Trinajstić information content (AvgIpc) is 2.98. The fourth-order valence-electron chi connectivity index (χ4n) is 5.57. The minimum atomic E-state index is -1.22. The zero-order chi connectivity index (χ0) is 18.0. The second-order valence-corrected chi connectivity index (χ2v) is 15.2. The molecule has 2 nitrogen and oxygen atoms in total. The Morgan fingerprint density at radius 1 is 1.12 bits per heavy atom. The number of hydrogen-bond donors (Lipinski definition) is 0. The molecule has 0 radical (unpaired) electrons. The van der Waals surface area contributed by atoms with E-state index < -0.39 is 8.07 Å². The van der Waals surface area contributed by atoms with Crippen molar-refractivity contribution < 1.29 is 4.74 Å². The highest BCUT2D eigenvalue weighted by atomic mass is 28.3. The second-order valence-electron chi connectivity index (χ2n) is 9.78. The largest absolute Gasteiger partial charge is 0.497 e. The first kappa shape index (κ1) is 17.0. The van der Waals surface area contributed by atoms with E-state index in [1.807, 2.05) is 0 Å². The minimum Gasteiger partial charge on any atom is -0.497 e. The summed E-state index contributed by atoms with van der Waals surface area (Å²) in [5.41, 5.74) is 3.21. The number of allylic oxidation sites excluding steroid dienone is 3. The summed E-state index contributed by atoms with van der Waals surface area (Å²) in [5.74, 6) is 2.79. The molecule has 3 heteroatoms. The van der Waals surface area contributed by atoms with E-state index in [1.54, 1.807) is 7.11 Å². The molecular weight excluding hydrogens is 322 g/mol. The SMILES string of the molecule is COc1ccc2c(c1)C1C(C3C=CC=CC3C1(C)C)N2C[Si](C)(C)C. The normalized spacial score (nSPS) is 31.7. The monoisotopic (exact) mass is 353 g/mol. The molecule has 0 N–H and O–H groups in total. The Balaban J connectivity index is 1.87. The van der Waals surface area contributed by atoms with Crippen molar-refractivity contribution in [3.63, 3.8) is 0 Å². The molecule has 1 fully saturated rings. The van der Waals surface area contributed by atoms with Crippen LogP contribution in [-0.2, 0) is 0 Å². The molecule has 134 valence electrons. The van der Waals surface area contributed by atoms with E-state index in [4.69, 9.17) is 4.74 Å². The molecule has 1 saturated carbocycles. The van der Waals surface area contributed by atoms with Gasteiger partial charge in [0.2, 0.25) is 0 Å². The molecule has 0 saturated heterocycles. The van der Waals surface area contributed by atoms with Crippen molar-refractivity contribution in [2.45, 2.75) is 45.4 Å². The summed E-state index contributed by atoms with van der Waals surface area (Å²) in [6.07, 6.45) is 10.7. The smallest absolute Gasteiger partial charge is 0.119 e. The number of hydrogen-bond acceptors (Lipinski definition) is 2. The number of ether oxygens (including phenoxy) is 1. The van der Waals surface area contributed by atoms with Gasteiger partial charge in [-0.05, 0) is 35.1 Å². The van der Waals surface area contributed by atoms with Gasteiger partial charge in [0, 0.05) is 29.7 Å². The zero-order valence-electron chi connectivity index (χ0n) is 16.4. The van der Waals surface area contributed by atoms with Crippen LogP contribution in [0.2, 0.25) is 19.6 Å². The lowest BCUT2D eigenvalue weighted by Gasteiger charge is -2.36. The molecule has 1 aliphatic heterocycles. The van der Waals surface area contributed by atoms with Crippen molar-refractivity contribution in [3.8, 4) is 5.75 Å². The standard InChI is InChI=1S/C22H31NOSi/c1-22(2)18-10-8-7-9-16(18)21-20(22)17-13-15(24-3)11-12-19(17)23(21)14-25(4,5)6/h7-13,16,18,20-21H,14H2,1-6H3. The van der Waals surface area contributed by atoms with E-state index in [1.165, 1.54) is 17.4 Å². The summed E-state index contributed by atoms with van der Waals surface area (Å²) in [5, 5.41) is 0. The molecule has 0 amide bonds. The molecule has 1 aromatic rings. The molecule has 3 aliphatic rings. The lowest BCUT2D eigenvalue weighted by atomic mass is 9.71. The fraction of sp³-hybridized carbons (Fsp3) is 0.545. The maximum absolute atomic E-state index is 5.57. The summed E-state index contributed by atoms with van der Waals surface area (Å²) < 4.78 is 5.57. The van der Waals surface area contributed by atoms with Gasteiger partial charge in [-0.15, -0.1) is 0 Å². The van der Waals surface area contributed by atoms with Gasteiger partial charge >= 0.3 is 0 Å². The Morgan fingerprint density at radius 3 is 2.52 bits per heavy atom. The third-order valence-corrected chi connectivity index (χ3v) is 7.75. The summed E-state index contributed by atoms with van der Waals surface area (Å²) in [4.78, 5) is 2.77. The summed E-state index contributed by atoms with van der Waals surface area (Å²) in [6, 6.07) is 7.33. The van der Waals surface area contributed by atoms with Crippen LogP contribution in [0.25, 0.3) is 0 Å². The van der Waals surface area contributed by atoms with Crippen molar-refractivity contribution in [1.82, 2.24) is 0 Å². The Hall–Kier alpha value is -1.48. The first-order valence-corrected chi connectivity index (χ1v) is 13.2. The molecule has 1 aromatic carbocycles. The van der Waals surface area contributed by atoms with Crippen LogP contribution in [0.4, 0.5) is 5.69 Å². The highest BCUT2D eigenvalue weighted by Crippen LogP contribution is 2.64. The predicted octanol–water partition coefficient (Wildman–Crippen LogP) is 5.24. The van der Waals surface area contributed by atoms with Crippen molar-refractivity contribution in [3.05, 3.63) is 48.1 Å². The quantitative estimate of drug-likeness (QED) is 0.689. The summed E-state index contributed by atoms with van der Waals surface area (Å²) in [7, 11) is 0.554. The average molecular weight is 354 g/mol. The van der Waals surface area contributed by atoms with E-state index in [0.29, 0.717) is 23.8 Å². The first-order chi connectivity index (χ1) is 11.7. The van der Waals surface area contributed by atoms with Crippen LogP contribution in [0.5, 0.6) is 5.75 Å². The molecule has 4 atom stereocenters. The number of rotatable bonds is 3. The van der Waals surface area contributed by atoms with Crippen molar-refractivity contribution >= 4 is 13.8 Å². The molecule has 1 heterocycles. The number of nitrogens with zero attached hydrogens (tertiary/aromatic N) is 1. The van der Waals surface area contributed by atoms with Crippen LogP contribution >= 0.6 is 0 Å². The maximum atomic E-state index is 5.57. The molecule has 0 spiro atoms. The van der Waals surface area contributed by atoms with Gasteiger partial charge in [-0.3, -0.25) is 0 Å². The Morgan fingerprint density at radius 2 is 1.84 bits per heavy atom. The van der Waals surface area contributed by atoms with E-state index in [-0.39, 0.29) is 5.41 Å². The number of benzene rings is 1. The van der Waals surface area contributed by atoms with Gasteiger partial charge in [-0.2, -0.15) is 0 Å². The molecular formula is C22H31NOSi. The highest BCUT2D eigenvalue weighted by Gasteiger charge is 2.60. The van der Waals surface area contributed by atoms with E-state index in [2.05, 4.69) is 80.9 Å². The van der Waals surface area contributed by atoms with E-state index >= 15 is 0 Å². The zero-order valence-corrected chi connectivity index (χ0v) is 17.4. The van der Waals surface area contributed by atoms with Gasteiger partial charge in [-0.1, -0.05) is 57.8 Å². The summed E-state index contributed by atoms with van der Waals surface area (Å²) >= 11 is 0. The second kappa shape index (κ2) is 5.50. The van der Waals surface area contributed by atoms with Crippen LogP contribution in [0.15, 0.2) is 42.5 Å². The van der Waals surface area contributed by atoms with Gasteiger partial charge < -0.3 is 9.64 Å². The lowest BCUT2D eigenvalue weighted by Crippen LogP contribution is -2.46. The van der Waals surface area contributed by atoms with Crippen LogP contribution in [0.3, 0.4) is 0 Å². The Bertz CT molecular complexity index is 743. The predicted molar refractivity (Wildman–Crippen MR) is 109 cm³/mol. The summed E-state index contributed by atoms with van der Waals surface area (Å²) in [6.45, 7) is 12.4. The third-order valence-electron chi connectivity index (χ3n) is 6.46. The van der Waals surface area contributed by atoms with E-state index in [9.17, 15) is 0 Å². The van der Waals surface area contributed by atoms with Crippen LogP contribution < -0.4 is 9.64 Å². The van der Waals surface area contributed by atoms with Gasteiger partial charge in [0.05, 0.1) is 15.2 Å². The topological polar surface area (TPSA) is 12.5 Å². The Kier molecular flexibility index (Phi) is 3.73. The van der Waals surface area contributed by atoms with Crippen molar-refractivity contribution in [2.24, 2.45) is 17.3 Å². The molecule has 25 heavy (non-hydrogen) atoms. The van der Waals surface area contributed by atoms with Gasteiger partial charge in [0.25, 0.3) is 0 Å². The van der Waals surface area contributed by atoms with Crippen LogP contribution in [0, 0.1) is 17.3 Å². The van der Waals surface area contributed by atoms with Crippen molar-refractivity contribution in [2.75, 3.05) is 18.2 Å². The third kappa shape index (κ3) is 2.50. The molecule has 4 unspecified atom stereocenters. The molecule has 2 aliphatic carbocycles. The Labute approximate surface area is 153 Å². The highest BCUT2D eigenvalue weighted by molar-refractivity contribution is 6.76. The van der Waals surface area contributed by atoms with Gasteiger partial charge in [0.1, 0.15) is 5.75 Å². The minimum absolute atomic E-state index is 0.256. The van der Waals surface area contributed by atoms with Crippen LogP contribution in [-0.4, -0.2) is 27.4 Å². The van der Waals surface area contributed by atoms with E-state index in [0.717, 1.165) is 5.75 Å².